The third kappa shape index (κ3) is 4.39. The Bertz CT molecular complexity index is 863. The first-order chi connectivity index (χ1) is 12.1. The summed E-state index contributed by atoms with van der Waals surface area (Å²) in [6, 6.07) is 8.09. The Hall–Kier alpha value is -2.80. The summed E-state index contributed by atoms with van der Waals surface area (Å²) in [6.07, 6.45) is 3.77. The number of hydrogen-bond acceptors (Lipinski definition) is 5. The van der Waals surface area contributed by atoms with Gasteiger partial charge in [-0.05, 0) is 23.8 Å². The Labute approximate surface area is 148 Å². The Morgan fingerprint density at radius 1 is 1.32 bits per heavy atom. The van der Waals surface area contributed by atoms with E-state index in [1.165, 1.54) is 23.0 Å². The Morgan fingerprint density at radius 2 is 2.16 bits per heavy atom. The first-order valence-corrected chi connectivity index (χ1v) is 8.08. The van der Waals surface area contributed by atoms with Crippen LogP contribution in [0.3, 0.4) is 0 Å². The molecule has 3 rings (SSSR count). The Morgan fingerprint density at radius 3 is 3.00 bits per heavy atom. The highest BCUT2D eigenvalue weighted by Gasteiger charge is 2.15. The monoisotopic (exact) mass is 361 g/mol. The Kier molecular flexibility index (Phi) is 5.35. The number of nitrogens with one attached hydrogen (secondary N) is 1. The quantitative estimate of drug-likeness (QED) is 0.665. The van der Waals surface area contributed by atoms with Gasteiger partial charge in [-0.2, -0.15) is 5.10 Å². The summed E-state index contributed by atoms with van der Waals surface area (Å²) >= 11 is 6.19. The van der Waals surface area contributed by atoms with Gasteiger partial charge in [0.1, 0.15) is 6.54 Å². The van der Waals surface area contributed by atoms with Crippen LogP contribution in [0, 0.1) is 0 Å². The fourth-order valence-electron chi connectivity index (χ4n) is 2.29. The smallest absolute Gasteiger partial charge is 0.260 e. The maximum Gasteiger partial charge on any atom is 0.260 e. The lowest BCUT2D eigenvalue weighted by Gasteiger charge is -2.09. The van der Waals surface area contributed by atoms with Crippen molar-refractivity contribution in [1.82, 2.24) is 9.99 Å². The molecule has 0 radical (unpaired) electrons. The molecule has 1 aliphatic rings. The predicted octanol–water partition coefficient (Wildman–Crippen LogP) is 1.81. The average Bonchev–Trinajstić information content (AvgIpc) is 2.83. The number of ether oxygens (including phenoxy) is 2. The molecule has 2 aromatic rings. The van der Waals surface area contributed by atoms with Crippen molar-refractivity contribution >= 4 is 23.7 Å². The van der Waals surface area contributed by atoms with Gasteiger partial charge in [0.05, 0.1) is 24.5 Å². The second-order valence-electron chi connectivity index (χ2n) is 5.34. The maximum absolute atomic E-state index is 11.8. The highest BCUT2D eigenvalue weighted by atomic mass is 35.5. The van der Waals surface area contributed by atoms with E-state index in [2.05, 4.69) is 10.5 Å². The van der Waals surface area contributed by atoms with E-state index in [-0.39, 0.29) is 12.1 Å². The van der Waals surface area contributed by atoms with Crippen LogP contribution in [0.4, 0.5) is 0 Å². The van der Waals surface area contributed by atoms with Crippen molar-refractivity contribution in [1.29, 1.82) is 0 Å². The topological polar surface area (TPSA) is 81.9 Å². The lowest BCUT2D eigenvalue weighted by molar-refractivity contribution is -0.121. The van der Waals surface area contributed by atoms with Crippen LogP contribution in [-0.4, -0.2) is 29.9 Å². The summed E-state index contributed by atoms with van der Waals surface area (Å²) in [4.78, 5) is 23.4. The minimum Gasteiger partial charge on any atom is -0.489 e. The van der Waals surface area contributed by atoms with Gasteiger partial charge in [0, 0.05) is 18.7 Å². The number of aromatic nitrogens is 1. The number of nitrogens with zero attached hydrogens (tertiary/aromatic N) is 2. The SMILES string of the molecule is O=C(Cn1ccccc1=O)N/N=C\c1cc(Cl)c2c(c1)OCCCO2. The van der Waals surface area contributed by atoms with Crippen LogP contribution in [0.5, 0.6) is 11.5 Å². The van der Waals surface area contributed by atoms with Crippen LogP contribution < -0.4 is 20.5 Å². The van der Waals surface area contributed by atoms with Crippen LogP contribution >= 0.6 is 11.6 Å². The van der Waals surface area contributed by atoms with E-state index in [9.17, 15) is 9.59 Å². The molecule has 8 heteroatoms. The second kappa shape index (κ2) is 7.85. The standard InChI is InChI=1S/C17H16ClN3O4/c18-13-8-12(9-14-17(13)25-7-3-6-24-14)10-19-20-15(22)11-21-5-2-1-4-16(21)23/h1-2,4-5,8-10H,3,6-7,11H2,(H,20,22)/b19-10-. The van der Waals surface area contributed by atoms with E-state index in [0.717, 1.165) is 6.42 Å². The third-order valence-electron chi connectivity index (χ3n) is 3.44. The normalized spacial score (nSPS) is 13.5. The number of hydrogen-bond donors (Lipinski definition) is 1. The van der Waals surface area contributed by atoms with E-state index in [1.54, 1.807) is 24.3 Å². The molecule has 0 saturated carbocycles. The van der Waals surface area contributed by atoms with Gasteiger partial charge in [-0.25, -0.2) is 5.43 Å². The summed E-state index contributed by atoms with van der Waals surface area (Å²) in [5, 5.41) is 4.31. The van der Waals surface area contributed by atoms with Crippen molar-refractivity contribution in [2.75, 3.05) is 13.2 Å². The molecule has 2 heterocycles. The largest absolute Gasteiger partial charge is 0.489 e. The third-order valence-corrected chi connectivity index (χ3v) is 3.72. The van der Waals surface area contributed by atoms with Crippen LogP contribution in [0.25, 0.3) is 0 Å². The van der Waals surface area contributed by atoms with Crippen LogP contribution in [-0.2, 0) is 11.3 Å². The number of carbonyl (C=O) groups is 1. The van der Waals surface area contributed by atoms with E-state index in [1.807, 2.05) is 0 Å². The molecule has 7 nitrogen and oxygen atoms in total. The van der Waals surface area contributed by atoms with Gasteiger partial charge in [0.15, 0.2) is 11.5 Å². The van der Waals surface area contributed by atoms with E-state index in [0.29, 0.717) is 35.3 Å². The maximum atomic E-state index is 11.8. The summed E-state index contributed by atoms with van der Waals surface area (Å²) in [6.45, 7) is 0.987. The van der Waals surface area contributed by atoms with Crippen molar-refractivity contribution in [2.45, 2.75) is 13.0 Å². The molecule has 0 atom stereocenters. The molecule has 1 N–H and O–H groups in total. The van der Waals surface area contributed by atoms with Gasteiger partial charge >= 0.3 is 0 Å². The zero-order chi connectivity index (χ0) is 17.6. The average molecular weight is 362 g/mol. The first-order valence-electron chi connectivity index (χ1n) is 7.70. The number of fused-ring (bicyclic) bond motifs is 1. The molecule has 1 amide bonds. The molecule has 0 unspecified atom stereocenters. The summed E-state index contributed by atoms with van der Waals surface area (Å²) < 4.78 is 12.4. The lowest BCUT2D eigenvalue weighted by Crippen LogP contribution is -2.28. The van der Waals surface area contributed by atoms with Crippen LogP contribution in [0.1, 0.15) is 12.0 Å². The van der Waals surface area contributed by atoms with Crippen LogP contribution in [0.2, 0.25) is 5.02 Å². The van der Waals surface area contributed by atoms with E-state index < -0.39 is 5.91 Å². The number of benzene rings is 1. The van der Waals surface area contributed by atoms with Gasteiger partial charge in [0.25, 0.3) is 11.5 Å². The highest BCUT2D eigenvalue weighted by Crippen LogP contribution is 2.37. The predicted molar refractivity (Wildman–Crippen MR) is 93.5 cm³/mol. The summed E-state index contributed by atoms with van der Waals surface area (Å²) in [7, 11) is 0. The molecule has 130 valence electrons. The van der Waals surface area contributed by atoms with E-state index in [4.69, 9.17) is 21.1 Å². The Balaban J connectivity index is 1.65. The molecule has 25 heavy (non-hydrogen) atoms. The number of rotatable bonds is 4. The zero-order valence-corrected chi connectivity index (χ0v) is 14.0. The lowest BCUT2D eigenvalue weighted by atomic mass is 10.2. The van der Waals surface area contributed by atoms with Crippen molar-refractivity contribution in [3.8, 4) is 11.5 Å². The molecule has 0 aliphatic carbocycles. The first kappa shape index (κ1) is 17.0. The van der Waals surface area contributed by atoms with Crippen molar-refractivity contribution in [2.24, 2.45) is 5.10 Å². The minimum atomic E-state index is -0.412. The van der Waals surface area contributed by atoms with Gasteiger partial charge < -0.3 is 14.0 Å². The van der Waals surface area contributed by atoms with Gasteiger partial charge in [-0.15, -0.1) is 0 Å². The molecular formula is C17H16ClN3O4. The van der Waals surface area contributed by atoms with Crippen molar-refractivity contribution in [3.63, 3.8) is 0 Å². The van der Waals surface area contributed by atoms with Crippen LogP contribution in [0.15, 0.2) is 46.4 Å². The molecule has 0 saturated heterocycles. The molecule has 1 aliphatic heterocycles. The number of carbonyl (C=O) groups excluding carboxylic acids is 1. The highest BCUT2D eigenvalue weighted by molar-refractivity contribution is 6.32. The number of halogens is 1. The molecule has 0 spiro atoms. The molecule has 1 aromatic heterocycles. The number of amides is 1. The molecule has 0 bridgehead atoms. The zero-order valence-electron chi connectivity index (χ0n) is 13.3. The number of pyridine rings is 1. The summed E-state index contributed by atoms with van der Waals surface area (Å²) in [5.41, 5.74) is 2.78. The summed E-state index contributed by atoms with van der Waals surface area (Å²) in [5.74, 6) is 0.655. The fraction of sp³-hybridized carbons (Fsp3) is 0.235. The molecule has 1 aromatic carbocycles. The minimum absolute atomic E-state index is 0.112. The van der Waals surface area contributed by atoms with Crippen molar-refractivity contribution < 1.29 is 14.3 Å². The van der Waals surface area contributed by atoms with Crippen molar-refractivity contribution in [3.05, 3.63) is 57.5 Å². The van der Waals surface area contributed by atoms with E-state index >= 15 is 0 Å². The van der Waals surface area contributed by atoms with Gasteiger partial charge in [0.2, 0.25) is 0 Å². The second-order valence-corrected chi connectivity index (χ2v) is 5.75. The molecular weight excluding hydrogens is 346 g/mol. The fourth-order valence-corrected chi connectivity index (χ4v) is 2.56. The van der Waals surface area contributed by atoms with Gasteiger partial charge in [-0.3, -0.25) is 9.59 Å². The molecule has 0 fully saturated rings. The van der Waals surface area contributed by atoms with Gasteiger partial charge in [-0.1, -0.05) is 17.7 Å². The number of hydrazone groups is 1.